The van der Waals surface area contributed by atoms with Crippen LogP contribution < -0.4 is 9.64 Å². The van der Waals surface area contributed by atoms with E-state index in [4.69, 9.17) is 9.72 Å². The van der Waals surface area contributed by atoms with Crippen molar-refractivity contribution in [3.8, 4) is 5.75 Å². The van der Waals surface area contributed by atoms with Gasteiger partial charge in [0, 0.05) is 13.2 Å². The van der Waals surface area contributed by atoms with Gasteiger partial charge in [-0.1, -0.05) is 47.7 Å². The molecule has 0 aliphatic carbocycles. The molecule has 0 fully saturated rings. The van der Waals surface area contributed by atoms with E-state index in [9.17, 15) is 4.79 Å². The molecule has 0 aliphatic rings. The molecule has 0 atom stereocenters. The van der Waals surface area contributed by atoms with E-state index in [0.29, 0.717) is 24.0 Å². The Balaban J connectivity index is 1.77. The number of aromatic nitrogens is 3. The number of hydrogen-bond donors (Lipinski definition) is 0. The second-order valence-corrected chi connectivity index (χ2v) is 7.29. The smallest absolute Gasteiger partial charge is 0.280 e. The first kappa shape index (κ1) is 18.2. The average molecular weight is 392 g/mol. The van der Waals surface area contributed by atoms with E-state index in [-0.39, 0.29) is 5.91 Å². The lowest BCUT2D eigenvalue weighted by Gasteiger charge is -2.19. The topological polar surface area (TPSA) is 60.2 Å². The van der Waals surface area contributed by atoms with Gasteiger partial charge in [0.15, 0.2) is 10.8 Å². The fourth-order valence-corrected chi connectivity index (χ4v) is 3.94. The van der Waals surface area contributed by atoms with E-state index in [0.717, 1.165) is 21.5 Å². The predicted molar refractivity (Wildman–Crippen MR) is 111 cm³/mol. The summed E-state index contributed by atoms with van der Waals surface area (Å²) in [5, 5.41) is 4.90. The molecule has 28 heavy (non-hydrogen) atoms. The lowest BCUT2D eigenvalue weighted by Crippen LogP contribution is -2.30. The number of anilines is 1. The van der Waals surface area contributed by atoms with Crippen molar-refractivity contribution in [2.75, 3.05) is 11.5 Å². The molecule has 0 unspecified atom stereocenters. The van der Waals surface area contributed by atoms with Gasteiger partial charge in [0.2, 0.25) is 0 Å². The van der Waals surface area contributed by atoms with Gasteiger partial charge in [0.05, 0.1) is 17.9 Å². The second kappa shape index (κ2) is 7.82. The zero-order chi connectivity index (χ0) is 19.5. The minimum Gasteiger partial charge on any atom is -0.492 e. The molecule has 0 spiro atoms. The molecule has 0 saturated heterocycles. The van der Waals surface area contributed by atoms with Crippen LogP contribution in [0.15, 0.2) is 60.8 Å². The normalized spacial score (nSPS) is 10.9. The standard InChI is InChI=1S/C21H20N4O2S/c1-3-27-17-10-7-11-18-19(17)22-21(28-18)25(14-15-8-5-4-6-9-15)20(26)16-12-13-24(2)23-16/h4-13H,3,14H2,1-2H3. The van der Waals surface area contributed by atoms with E-state index in [1.165, 1.54) is 11.3 Å². The number of carbonyl (C=O) groups is 1. The third kappa shape index (κ3) is 3.61. The number of para-hydroxylation sites is 1. The molecule has 7 heteroatoms. The molecule has 2 aromatic heterocycles. The van der Waals surface area contributed by atoms with Gasteiger partial charge in [0.25, 0.3) is 5.91 Å². The van der Waals surface area contributed by atoms with Crippen LogP contribution in [-0.4, -0.2) is 27.3 Å². The quantitative estimate of drug-likeness (QED) is 0.491. The molecule has 0 N–H and O–H groups in total. The number of aryl methyl sites for hydroxylation is 1. The van der Waals surface area contributed by atoms with Crippen molar-refractivity contribution in [1.82, 2.24) is 14.8 Å². The molecular weight excluding hydrogens is 372 g/mol. The van der Waals surface area contributed by atoms with Crippen LogP contribution in [0.4, 0.5) is 5.13 Å². The van der Waals surface area contributed by atoms with Gasteiger partial charge in [-0.2, -0.15) is 5.10 Å². The Kier molecular flexibility index (Phi) is 5.08. The molecule has 0 aliphatic heterocycles. The first-order valence-corrected chi connectivity index (χ1v) is 9.85. The van der Waals surface area contributed by atoms with Crippen molar-refractivity contribution >= 4 is 32.6 Å². The van der Waals surface area contributed by atoms with Crippen molar-refractivity contribution in [2.24, 2.45) is 7.05 Å². The second-order valence-electron chi connectivity index (χ2n) is 6.28. The van der Waals surface area contributed by atoms with Gasteiger partial charge < -0.3 is 4.74 Å². The largest absolute Gasteiger partial charge is 0.492 e. The molecule has 0 bridgehead atoms. The lowest BCUT2D eigenvalue weighted by atomic mass is 10.2. The first-order valence-electron chi connectivity index (χ1n) is 9.03. The fourth-order valence-electron chi connectivity index (χ4n) is 2.96. The van der Waals surface area contributed by atoms with Crippen LogP contribution >= 0.6 is 11.3 Å². The van der Waals surface area contributed by atoms with Crippen molar-refractivity contribution in [3.63, 3.8) is 0 Å². The molecule has 2 heterocycles. The van der Waals surface area contributed by atoms with E-state index in [1.54, 1.807) is 28.9 Å². The number of amides is 1. The molecule has 0 saturated carbocycles. The predicted octanol–water partition coefficient (Wildman–Crippen LogP) is 4.28. The zero-order valence-corrected chi connectivity index (χ0v) is 16.5. The Hall–Kier alpha value is -3.19. The lowest BCUT2D eigenvalue weighted by molar-refractivity contribution is 0.0979. The molecule has 0 radical (unpaired) electrons. The number of nitrogens with zero attached hydrogens (tertiary/aromatic N) is 4. The fraction of sp³-hybridized carbons (Fsp3) is 0.190. The van der Waals surface area contributed by atoms with Crippen LogP contribution in [0.5, 0.6) is 5.75 Å². The highest BCUT2D eigenvalue weighted by Gasteiger charge is 2.24. The highest BCUT2D eigenvalue weighted by Crippen LogP contribution is 2.35. The number of hydrogen-bond acceptors (Lipinski definition) is 5. The van der Waals surface area contributed by atoms with Gasteiger partial charge in [-0.25, -0.2) is 4.98 Å². The Labute approximate surface area is 167 Å². The van der Waals surface area contributed by atoms with Crippen molar-refractivity contribution in [1.29, 1.82) is 0 Å². The average Bonchev–Trinajstić information content (AvgIpc) is 3.33. The minimum atomic E-state index is -0.179. The number of benzene rings is 2. The third-order valence-corrected chi connectivity index (χ3v) is 5.31. The van der Waals surface area contributed by atoms with Crippen LogP contribution in [0.3, 0.4) is 0 Å². The molecule has 4 rings (SSSR count). The van der Waals surface area contributed by atoms with Gasteiger partial charge in [0.1, 0.15) is 11.3 Å². The summed E-state index contributed by atoms with van der Waals surface area (Å²) in [7, 11) is 1.80. The molecule has 4 aromatic rings. The SMILES string of the molecule is CCOc1cccc2sc(N(Cc3ccccc3)C(=O)c3ccn(C)n3)nc12. The van der Waals surface area contributed by atoms with Crippen LogP contribution in [0.2, 0.25) is 0 Å². The molecular formula is C21H20N4O2S. The van der Waals surface area contributed by atoms with Gasteiger partial charge in [-0.05, 0) is 30.7 Å². The van der Waals surface area contributed by atoms with Gasteiger partial charge in [-0.15, -0.1) is 0 Å². The summed E-state index contributed by atoms with van der Waals surface area (Å²) in [6.45, 7) is 2.92. The van der Waals surface area contributed by atoms with Crippen molar-refractivity contribution in [3.05, 3.63) is 72.1 Å². The van der Waals surface area contributed by atoms with Gasteiger partial charge >= 0.3 is 0 Å². The van der Waals surface area contributed by atoms with Crippen LogP contribution in [0.1, 0.15) is 23.0 Å². The summed E-state index contributed by atoms with van der Waals surface area (Å²) in [5.74, 6) is 0.550. The number of fused-ring (bicyclic) bond motifs is 1. The summed E-state index contributed by atoms with van der Waals surface area (Å²) >= 11 is 1.47. The molecule has 1 amide bonds. The van der Waals surface area contributed by atoms with Crippen molar-refractivity contribution in [2.45, 2.75) is 13.5 Å². The summed E-state index contributed by atoms with van der Waals surface area (Å²) in [5.41, 5.74) is 2.19. The number of rotatable bonds is 6. The minimum absolute atomic E-state index is 0.179. The van der Waals surface area contributed by atoms with Crippen LogP contribution in [0.25, 0.3) is 10.2 Å². The van der Waals surface area contributed by atoms with Crippen LogP contribution in [0, 0.1) is 0 Å². The Morgan fingerprint density at radius 2 is 1.96 bits per heavy atom. The van der Waals surface area contributed by atoms with Gasteiger partial charge in [-0.3, -0.25) is 14.4 Å². The monoisotopic (exact) mass is 392 g/mol. The van der Waals surface area contributed by atoms with E-state index in [1.807, 2.05) is 55.5 Å². The van der Waals surface area contributed by atoms with E-state index >= 15 is 0 Å². The summed E-state index contributed by atoms with van der Waals surface area (Å²) in [4.78, 5) is 19.7. The van der Waals surface area contributed by atoms with Crippen LogP contribution in [-0.2, 0) is 13.6 Å². The van der Waals surface area contributed by atoms with Crippen molar-refractivity contribution < 1.29 is 9.53 Å². The summed E-state index contributed by atoms with van der Waals surface area (Å²) in [6, 6.07) is 17.4. The number of ether oxygens (including phenoxy) is 1. The van der Waals surface area contributed by atoms with E-state index in [2.05, 4.69) is 5.10 Å². The maximum absolute atomic E-state index is 13.2. The Bertz CT molecular complexity index is 1100. The highest BCUT2D eigenvalue weighted by molar-refractivity contribution is 7.22. The summed E-state index contributed by atoms with van der Waals surface area (Å²) in [6.07, 6.45) is 1.76. The summed E-state index contributed by atoms with van der Waals surface area (Å²) < 4.78 is 8.31. The zero-order valence-electron chi connectivity index (χ0n) is 15.7. The number of thiazole rings is 1. The molecule has 2 aromatic carbocycles. The maximum atomic E-state index is 13.2. The van der Waals surface area contributed by atoms with E-state index < -0.39 is 0 Å². The molecule has 6 nitrogen and oxygen atoms in total. The maximum Gasteiger partial charge on any atom is 0.280 e. The number of carbonyl (C=O) groups excluding carboxylic acids is 1. The molecule has 142 valence electrons. The first-order chi connectivity index (χ1) is 13.7. The Morgan fingerprint density at radius 3 is 2.68 bits per heavy atom. The third-order valence-electron chi connectivity index (χ3n) is 4.26. The Morgan fingerprint density at radius 1 is 1.14 bits per heavy atom. The highest BCUT2D eigenvalue weighted by atomic mass is 32.1.